The van der Waals surface area contributed by atoms with Gasteiger partial charge in [0.2, 0.25) is 5.91 Å². The summed E-state index contributed by atoms with van der Waals surface area (Å²) in [6.45, 7) is 2.91. The number of aliphatic hydroxyl groups excluding tert-OH is 8. The summed E-state index contributed by atoms with van der Waals surface area (Å²) in [5.41, 5.74) is 0. The number of carbonyl (C=O) groups excluding carboxylic acids is 1. The molecule has 2 saturated heterocycles. The topological polar surface area (TPSA) is 228 Å². The summed E-state index contributed by atoms with van der Waals surface area (Å²) in [5, 5.41) is 87.4. The lowest BCUT2D eigenvalue weighted by atomic mass is 9.97. The highest BCUT2D eigenvalue weighted by Crippen LogP contribution is 2.30. The SMILES string of the molecule is CCCCCCCCCCCCCCCCCCCCCCCCC(O)C(COC1OC(CO)C(OC2OC(CO)C(O)C(O)C2O)C(O)C1O)NC(=O)CCCCCCCCCCCCCCCCCCCCC. The van der Waals surface area contributed by atoms with E-state index in [2.05, 4.69) is 19.2 Å². The van der Waals surface area contributed by atoms with Crippen molar-refractivity contribution in [1.82, 2.24) is 5.32 Å². The number of nitrogens with one attached hydrogen (secondary N) is 1. The van der Waals surface area contributed by atoms with Gasteiger partial charge in [-0.3, -0.25) is 4.79 Å². The molecule has 0 radical (unpaired) electrons. The largest absolute Gasteiger partial charge is 0.394 e. The number of hydrogen-bond acceptors (Lipinski definition) is 13. The number of unbranched alkanes of at least 4 members (excludes halogenated alkanes) is 39. The van der Waals surface area contributed by atoms with Gasteiger partial charge in [-0.2, -0.15) is 0 Å². The molecule has 2 aliphatic rings. The number of hydrogen-bond donors (Lipinski definition) is 9. The van der Waals surface area contributed by atoms with E-state index in [9.17, 15) is 45.6 Å². The first-order valence-electron chi connectivity index (χ1n) is 31.8. The van der Waals surface area contributed by atoms with Gasteiger partial charge in [0.05, 0.1) is 32.0 Å². The Morgan fingerprint density at radius 2 is 0.760 bits per heavy atom. The number of amides is 1. The van der Waals surface area contributed by atoms with Crippen LogP contribution < -0.4 is 5.32 Å². The van der Waals surface area contributed by atoms with Gasteiger partial charge in [-0.25, -0.2) is 0 Å². The third kappa shape index (κ3) is 33.4. The van der Waals surface area contributed by atoms with Crippen LogP contribution in [0.3, 0.4) is 0 Å². The molecule has 14 nitrogen and oxygen atoms in total. The van der Waals surface area contributed by atoms with Crippen molar-refractivity contribution in [3.05, 3.63) is 0 Å². The monoisotopic (exact) mass is 1070 g/mol. The summed E-state index contributed by atoms with van der Waals surface area (Å²) in [4.78, 5) is 13.3. The zero-order chi connectivity index (χ0) is 54.6. The van der Waals surface area contributed by atoms with Crippen molar-refractivity contribution >= 4 is 5.91 Å². The molecule has 0 aromatic carbocycles. The number of aliphatic hydroxyl groups is 8. The second-order valence-electron chi connectivity index (χ2n) is 22.9. The van der Waals surface area contributed by atoms with Gasteiger partial charge in [-0.05, 0) is 12.8 Å². The van der Waals surface area contributed by atoms with E-state index < -0.39 is 86.8 Å². The average molecular weight is 1070 g/mol. The first-order chi connectivity index (χ1) is 36.6. The number of rotatable bonds is 52. The molecular weight excluding hydrogens is 955 g/mol. The van der Waals surface area contributed by atoms with Crippen LogP contribution in [0.15, 0.2) is 0 Å². The van der Waals surface area contributed by atoms with Crippen molar-refractivity contribution < 1.29 is 64.6 Å². The molecule has 9 N–H and O–H groups in total. The van der Waals surface area contributed by atoms with Gasteiger partial charge in [0.15, 0.2) is 12.6 Å². The first-order valence-corrected chi connectivity index (χ1v) is 31.8. The van der Waals surface area contributed by atoms with Gasteiger partial charge >= 0.3 is 0 Å². The maximum Gasteiger partial charge on any atom is 0.220 e. The minimum atomic E-state index is -1.78. The predicted octanol–water partition coefficient (Wildman–Crippen LogP) is 11.3. The summed E-state index contributed by atoms with van der Waals surface area (Å²) in [5.74, 6) is -0.199. The second-order valence-corrected chi connectivity index (χ2v) is 22.9. The third-order valence-corrected chi connectivity index (χ3v) is 16.1. The van der Waals surface area contributed by atoms with Crippen LogP contribution in [-0.2, 0) is 23.7 Å². The lowest BCUT2D eigenvalue weighted by molar-refractivity contribution is -0.359. The molecule has 12 unspecified atom stereocenters. The van der Waals surface area contributed by atoms with Gasteiger partial charge in [0, 0.05) is 6.42 Å². The van der Waals surface area contributed by atoms with E-state index in [1.807, 2.05) is 0 Å². The third-order valence-electron chi connectivity index (χ3n) is 16.1. The molecule has 14 heteroatoms. The molecule has 0 saturated carbocycles. The van der Waals surface area contributed by atoms with Crippen molar-refractivity contribution in [3.8, 4) is 0 Å². The van der Waals surface area contributed by atoms with Gasteiger partial charge in [0.25, 0.3) is 0 Å². The van der Waals surface area contributed by atoms with Crippen LogP contribution >= 0.6 is 0 Å². The van der Waals surface area contributed by atoms with Crippen LogP contribution in [0.4, 0.5) is 0 Å². The van der Waals surface area contributed by atoms with Crippen LogP contribution in [-0.4, -0.2) is 140 Å². The van der Waals surface area contributed by atoms with Gasteiger partial charge < -0.3 is 65.1 Å². The Bertz CT molecular complexity index is 1270. The zero-order valence-corrected chi connectivity index (χ0v) is 48.1. The van der Waals surface area contributed by atoms with Crippen LogP contribution in [0.2, 0.25) is 0 Å². The Balaban J connectivity index is 1.72. The van der Waals surface area contributed by atoms with Gasteiger partial charge in [0.1, 0.15) is 48.8 Å². The molecule has 2 aliphatic heterocycles. The molecule has 0 bridgehead atoms. The lowest BCUT2D eigenvalue weighted by Gasteiger charge is -2.46. The highest BCUT2D eigenvalue weighted by molar-refractivity contribution is 5.76. The fourth-order valence-corrected chi connectivity index (χ4v) is 10.9. The summed E-state index contributed by atoms with van der Waals surface area (Å²) < 4.78 is 22.9. The minimum absolute atomic E-state index is 0.199. The molecule has 0 aromatic rings. The van der Waals surface area contributed by atoms with Gasteiger partial charge in [-0.1, -0.05) is 271 Å². The van der Waals surface area contributed by atoms with Crippen LogP contribution in [0.5, 0.6) is 0 Å². The Morgan fingerprint density at radius 1 is 0.427 bits per heavy atom. The van der Waals surface area contributed by atoms with Crippen LogP contribution in [0.25, 0.3) is 0 Å². The average Bonchev–Trinajstić information content (AvgIpc) is 3.41. The first kappa shape index (κ1) is 70.1. The summed E-state index contributed by atoms with van der Waals surface area (Å²) >= 11 is 0. The summed E-state index contributed by atoms with van der Waals surface area (Å²) in [6, 6.07) is -0.823. The van der Waals surface area contributed by atoms with E-state index in [1.165, 1.54) is 212 Å². The van der Waals surface area contributed by atoms with Crippen molar-refractivity contribution in [2.24, 2.45) is 0 Å². The highest BCUT2D eigenvalue weighted by Gasteiger charge is 2.51. The predicted molar refractivity (Wildman–Crippen MR) is 300 cm³/mol. The fourth-order valence-electron chi connectivity index (χ4n) is 10.9. The van der Waals surface area contributed by atoms with Crippen molar-refractivity contribution in [3.63, 3.8) is 0 Å². The summed E-state index contributed by atoms with van der Waals surface area (Å²) in [6.07, 6.45) is 36.7. The molecule has 0 aliphatic carbocycles. The highest BCUT2D eigenvalue weighted by atomic mass is 16.7. The lowest BCUT2D eigenvalue weighted by Crippen LogP contribution is -2.65. The molecule has 0 aromatic heterocycles. The molecule has 0 spiro atoms. The Kier molecular flexibility index (Phi) is 44.6. The standard InChI is InChI=1S/C61H119NO13/c1-3-5-7-9-11-13-15-17-19-21-23-24-25-27-28-30-32-34-36-38-40-42-44-50(65)49(62-53(66)45-43-41-39-37-35-33-31-29-26-22-20-18-16-14-12-10-8-6-4-2)48-72-60-58(71)56(69)59(52(47-64)74-60)75-61-57(70)55(68)54(67)51(46-63)73-61/h49-52,54-61,63-65,67-71H,3-48H2,1-2H3,(H,62,66). The molecule has 2 rings (SSSR count). The smallest absolute Gasteiger partial charge is 0.220 e. The number of carbonyl (C=O) groups is 1. The van der Waals surface area contributed by atoms with E-state index >= 15 is 0 Å². The molecule has 2 heterocycles. The van der Waals surface area contributed by atoms with E-state index in [-0.39, 0.29) is 12.5 Å². The minimum Gasteiger partial charge on any atom is -0.394 e. The van der Waals surface area contributed by atoms with E-state index in [0.717, 1.165) is 51.4 Å². The van der Waals surface area contributed by atoms with Crippen LogP contribution in [0, 0.1) is 0 Å². The van der Waals surface area contributed by atoms with Crippen molar-refractivity contribution in [1.29, 1.82) is 0 Å². The summed E-state index contributed by atoms with van der Waals surface area (Å²) in [7, 11) is 0. The van der Waals surface area contributed by atoms with Crippen molar-refractivity contribution in [2.75, 3.05) is 19.8 Å². The second kappa shape index (κ2) is 47.8. The van der Waals surface area contributed by atoms with Crippen molar-refractivity contribution in [2.45, 2.75) is 364 Å². The molecule has 1 amide bonds. The van der Waals surface area contributed by atoms with E-state index in [1.54, 1.807) is 0 Å². The molecule has 75 heavy (non-hydrogen) atoms. The van der Waals surface area contributed by atoms with E-state index in [4.69, 9.17) is 18.9 Å². The van der Waals surface area contributed by atoms with Crippen LogP contribution in [0.1, 0.15) is 290 Å². The molecule has 2 fully saturated rings. The quantitative estimate of drug-likeness (QED) is 0.0259. The molecular formula is C61H119NO13. The number of ether oxygens (including phenoxy) is 4. The molecule has 12 atom stereocenters. The van der Waals surface area contributed by atoms with E-state index in [0.29, 0.717) is 12.8 Å². The maximum atomic E-state index is 13.3. The fraction of sp³-hybridized carbons (Fsp3) is 0.984. The maximum absolute atomic E-state index is 13.3. The Hall–Kier alpha value is -1.01. The Labute approximate surface area is 457 Å². The molecule has 446 valence electrons. The normalized spacial score (nSPS) is 24.9. The zero-order valence-electron chi connectivity index (χ0n) is 48.1. The Morgan fingerprint density at radius 3 is 1.13 bits per heavy atom. The van der Waals surface area contributed by atoms with Gasteiger partial charge in [-0.15, -0.1) is 0 Å².